The van der Waals surface area contributed by atoms with Crippen molar-refractivity contribution in [2.75, 3.05) is 11.9 Å². The fourth-order valence-electron chi connectivity index (χ4n) is 2.22. The summed E-state index contributed by atoms with van der Waals surface area (Å²) in [5, 5.41) is 2.54. The van der Waals surface area contributed by atoms with Gasteiger partial charge in [-0.2, -0.15) is 0 Å². The summed E-state index contributed by atoms with van der Waals surface area (Å²) in [5.41, 5.74) is -0.372. The molecule has 0 unspecified atom stereocenters. The Kier molecular flexibility index (Phi) is 4.64. The van der Waals surface area contributed by atoms with Crippen LogP contribution in [0.15, 0.2) is 12.3 Å². The number of pyridine rings is 1. The van der Waals surface area contributed by atoms with Gasteiger partial charge >= 0.3 is 6.09 Å². The predicted octanol–water partition coefficient (Wildman–Crippen LogP) is 2.27. The molecule has 0 saturated heterocycles. The third-order valence-electron chi connectivity index (χ3n) is 3.32. The molecule has 0 saturated carbocycles. The summed E-state index contributed by atoms with van der Waals surface area (Å²) in [6.07, 6.45) is 0.00704. The zero-order valence-corrected chi connectivity index (χ0v) is 14.3. The van der Waals surface area contributed by atoms with E-state index in [0.29, 0.717) is 17.3 Å². The van der Waals surface area contributed by atoms with Crippen molar-refractivity contribution >= 4 is 23.5 Å². The summed E-state index contributed by atoms with van der Waals surface area (Å²) in [7, 11) is 1.54. The number of fused-ring (bicyclic) bond motifs is 1. The van der Waals surface area contributed by atoms with Gasteiger partial charge in [-0.1, -0.05) is 0 Å². The molecule has 2 amide bonds. The molecule has 128 valence electrons. The molecule has 8 heteroatoms. The summed E-state index contributed by atoms with van der Waals surface area (Å²) >= 11 is 0. The van der Waals surface area contributed by atoms with Crippen LogP contribution in [0.3, 0.4) is 0 Å². The molecule has 1 aromatic rings. The molecule has 2 atom stereocenters. The average molecular weight is 332 g/mol. The standard InChI is InChI=1S/C16H20N4O4/c1-9-12(19-15(22)24-16(2,3)4)14(21)20(6)13-11(23-9)7-10(17-5)8-18-13/h7-9,12H,1-4,6H3,(H,19,22)/t9-,12+/m1/s1. The molecule has 8 nitrogen and oxygen atoms in total. The first kappa shape index (κ1) is 17.5. The van der Waals surface area contributed by atoms with E-state index in [1.165, 1.54) is 24.2 Å². The number of anilines is 1. The van der Waals surface area contributed by atoms with Gasteiger partial charge in [0.1, 0.15) is 17.7 Å². The highest BCUT2D eigenvalue weighted by Crippen LogP contribution is 2.33. The lowest BCUT2D eigenvalue weighted by molar-refractivity contribution is -0.121. The zero-order chi connectivity index (χ0) is 18.1. The van der Waals surface area contributed by atoms with Crippen LogP contribution >= 0.6 is 0 Å². The third-order valence-corrected chi connectivity index (χ3v) is 3.32. The fourth-order valence-corrected chi connectivity index (χ4v) is 2.22. The highest BCUT2D eigenvalue weighted by atomic mass is 16.6. The largest absolute Gasteiger partial charge is 0.485 e. The van der Waals surface area contributed by atoms with Gasteiger partial charge in [0.05, 0.1) is 6.57 Å². The van der Waals surface area contributed by atoms with Crippen LogP contribution < -0.4 is 15.0 Å². The molecular weight excluding hydrogens is 312 g/mol. The lowest BCUT2D eigenvalue weighted by atomic mass is 10.1. The van der Waals surface area contributed by atoms with Crippen LogP contribution in [-0.2, 0) is 9.53 Å². The number of amides is 2. The van der Waals surface area contributed by atoms with E-state index in [-0.39, 0.29) is 5.91 Å². The summed E-state index contributed by atoms with van der Waals surface area (Å²) < 4.78 is 10.9. The highest BCUT2D eigenvalue weighted by Gasteiger charge is 2.37. The van der Waals surface area contributed by atoms with Gasteiger partial charge < -0.3 is 14.8 Å². The molecular formula is C16H20N4O4. The molecule has 0 aliphatic carbocycles. The maximum Gasteiger partial charge on any atom is 0.408 e. The van der Waals surface area contributed by atoms with Crippen molar-refractivity contribution in [3.05, 3.63) is 23.7 Å². The Morgan fingerprint density at radius 2 is 2.17 bits per heavy atom. The van der Waals surface area contributed by atoms with Crippen molar-refractivity contribution in [2.45, 2.75) is 45.4 Å². The molecule has 0 radical (unpaired) electrons. The predicted molar refractivity (Wildman–Crippen MR) is 87.2 cm³/mol. The van der Waals surface area contributed by atoms with E-state index in [2.05, 4.69) is 15.1 Å². The molecule has 1 N–H and O–H groups in total. The topological polar surface area (TPSA) is 85.1 Å². The summed E-state index contributed by atoms with van der Waals surface area (Å²) in [6, 6.07) is 0.585. The Bertz CT molecular complexity index is 705. The molecule has 0 aromatic carbocycles. The van der Waals surface area contributed by atoms with Gasteiger partial charge in [0.2, 0.25) is 5.69 Å². The maximum absolute atomic E-state index is 12.6. The van der Waals surface area contributed by atoms with Crippen LogP contribution in [0.1, 0.15) is 27.7 Å². The van der Waals surface area contributed by atoms with Crippen LogP contribution in [0.25, 0.3) is 4.85 Å². The van der Waals surface area contributed by atoms with Crippen LogP contribution in [0, 0.1) is 6.57 Å². The molecule has 1 aliphatic heterocycles. The van der Waals surface area contributed by atoms with E-state index in [1.807, 2.05) is 0 Å². The van der Waals surface area contributed by atoms with Crippen LogP contribution in [0.5, 0.6) is 5.75 Å². The van der Waals surface area contributed by atoms with Crippen molar-refractivity contribution in [1.29, 1.82) is 0 Å². The minimum Gasteiger partial charge on any atom is -0.485 e. The lowest BCUT2D eigenvalue weighted by Gasteiger charge is -2.26. The van der Waals surface area contributed by atoms with Crippen molar-refractivity contribution < 1.29 is 19.1 Å². The second-order valence-corrected chi connectivity index (χ2v) is 6.47. The molecule has 0 fully saturated rings. The Balaban J connectivity index is 2.27. The van der Waals surface area contributed by atoms with Crippen molar-refractivity contribution in [3.63, 3.8) is 0 Å². The highest BCUT2D eigenvalue weighted by molar-refractivity contribution is 5.99. The van der Waals surface area contributed by atoms with E-state index >= 15 is 0 Å². The molecule has 0 spiro atoms. The van der Waals surface area contributed by atoms with Gasteiger partial charge in [0, 0.05) is 13.2 Å². The average Bonchev–Trinajstić information content (AvgIpc) is 2.56. The molecule has 2 heterocycles. The molecule has 2 rings (SSSR count). The first-order valence-corrected chi connectivity index (χ1v) is 7.43. The summed E-state index contributed by atoms with van der Waals surface area (Å²) in [6.45, 7) is 13.9. The first-order chi connectivity index (χ1) is 11.1. The minimum absolute atomic E-state index is 0.299. The van der Waals surface area contributed by atoms with Gasteiger partial charge in [-0.25, -0.2) is 14.6 Å². The molecule has 24 heavy (non-hydrogen) atoms. The Morgan fingerprint density at radius 3 is 2.75 bits per heavy atom. The third kappa shape index (κ3) is 3.74. The van der Waals surface area contributed by atoms with E-state index < -0.39 is 23.8 Å². The number of carbonyl (C=O) groups excluding carboxylic acids is 2. The van der Waals surface area contributed by atoms with Crippen molar-refractivity contribution in [2.24, 2.45) is 0 Å². The minimum atomic E-state index is -0.935. The van der Waals surface area contributed by atoms with E-state index in [0.717, 1.165) is 0 Å². The number of carbonyl (C=O) groups is 2. The molecule has 1 aromatic heterocycles. The second kappa shape index (κ2) is 6.35. The van der Waals surface area contributed by atoms with Crippen LogP contribution in [0.4, 0.5) is 16.3 Å². The fraction of sp³-hybridized carbons (Fsp3) is 0.500. The Hall–Kier alpha value is -2.82. The van der Waals surface area contributed by atoms with Crippen molar-refractivity contribution in [3.8, 4) is 5.75 Å². The van der Waals surface area contributed by atoms with Gasteiger partial charge in [-0.05, 0) is 33.8 Å². The number of nitrogens with one attached hydrogen (secondary N) is 1. The monoisotopic (exact) mass is 332 g/mol. The SMILES string of the molecule is [C-]#[N+]c1cnc2c(c1)O[C@H](C)[C@H](NC(=O)OC(C)(C)C)C(=O)N2C. The van der Waals surface area contributed by atoms with Gasteiger partial charge in [0.25, 0.3) is 5.91 Å². The van der Waals surface area contributed by atoms with E-state index in [9.17, 15) is 9.59 Å². The molecule has 0 bridgehead atoms. The van der Waals surface area contributed by atoms with E-state index in [4.69, 9.17) is 16.0 Å². The summed E-state index contributed by atoms with van der Waals surface area (Å²) in [5.74, 6) is 0.239. The number of alkyl carbamates (subject to hydrolysis) is 1. The Labute approximate surface area is 140 Å². The number of likely N-dealkylation sites (N-methyl/N-ethyl adjacent to an activating group) is 1. The molecule has 1 aliphatic rings. The van der Waals surface area contributed by atoms with Crippen LogP contribution in [0.2, 0.25) is 0 Å². The smallest absolute Gasteiger partial charge is 0.408 e. The van der Waals surface area contributed by atoms with Gasteiger partial charge in [-0.3, -0.25) is 9.69 Å². The number of hydrogen-bond donors (Lipinski definition) is 1. The number of aromatic nitrogens is 1. The van der Waals surface area contributed by atoms with E-state index in [1.54, 1.807) is 27.7 Å². The Morgan fingerprint density at radius 1 is 1.50 bits per heavy atom. The second-order valence-electron chi connectivity index (χ2n) is 6.47. The number of hydrogen-bond acceptors (Lipinski definition) is 5. The van der Waals surface area contributed by atoms with Crippen molar-refractivity contribution in [1.82, 2.24) is 10.3 Å². The number of rotatable bonds is 1. The zero-order valence-electron chi connectivity index (χ0n) is 14.3. The quantitative estimate of drug-likeness (QED) is 0.798. The summed E-state index contributed by atoms with van der Waals surface area (Å²) in [4.78, 5) is 33.4. The van der Waals surface area contributed by atoms with Crippen LogP contribution in [-0.4, -0.2) is 41.8 Å². The van der Waals surface area contributed by atoms with Gasteiger partial charge in [0.15, 0.2) is 11.6 Å². The maximum atomic E-state index is 12.6. The first-order valence-electron chi connectivity index (χ1n) is 7.43. The normalized spacial score (nSPS) is 20.3. The number of nitrogens with zero attached hydrogens (tertiary/aromatic N) is 3. The lowest BCUT2D eigenvalue weighted by Crippen LogP contribution is -2.54. The number of ether oxygens (including phenoxy) is 2. The van der Waals surface area contributed by atoms with Gasteiger partial charge in [-0.15, -0.1) is 0 Å².